The molecule has 1 aliphatic heterocycles. The Morgan fingerprint density at radius 3 is 2.68 bits per heavy atom. The first-order valence-electron chi connectivity index (χ1n) is 8.65. The molecule has 1 aromatic rings. The Hall–Kier alpha value is -1.91. The fourth-order valence-corrected chi connectivity index (χ4v) is 4.65. The van der Waals surface area contributed by atoms with Crippen LogP contribution in [0.15, 0.2) is 24.3 Å². The van der Waals surface area contributed by atoms with E-state index in [1.807, 2.05) is 26.0 Å². The van der Waals surface area contributed by atoms with Crippen molar-refractivity contribution in [3.8, 4) is 6.07 Å². The van der Waals surface area contributed by atoms with Gasteiger partial charge in [-0.2, -0.15) is 5.26 Å². The molecule has 1 aliphatic rings. The highest BCUT2D eigenvalue weighted by Crippen LogP contribution is 2.21. The van der Waals surface area contributed by atoms with Crippen LogP contribution < -0.4 is 5.32 Å². The highest BCUT2D eigenvalue weighted by Gasteiger charge is 2.32. The van der Waals surface area contributed by atoms with Gasteiger partial charge >= 0.3 is 0 Å². The number of carbonyl (C=O) groups excluding carboxylic acids is 1. The van der Waals surface area contributed by atoms with Crippen LogP contribution in [0.3, 0.4) is 0 Å². The lowest BCUT2D eigenvalue weighted by atomic mass is 9.97. The summed E-state index contributed by atoms with van der Waals surface area (Å²) in [7, 11) is -3.27. The Balaban J connectivity index is 1.98. The number of nitriles is 1. The fraction of sp³-hybridized carbons (Fsp3) is 0.556. The second-order valence-corrected chi connectivity index (χ2v) is 8.57. The summed E-state index contributed by atoms with van der Waals surface area (Å²) in [6, 6.07) is 8.96. The lowest BCUT2D eigenvalue weighted by Crippen LogP contribution is -2.46. The van der Waals surface area contributed by atoms with Crippen molar-refractivity contribution in [3.05, 3.63) is 35.4 Å². The third-order valence-electron chi connectivity index (χ3n) is 4.51. The normalized spacial score (nSPS) is 19.8. The van der Waals surface area contributed by atoms with Crippen molar-refractivity contribution in [2.45, 2.75) is 39.2 Å². The molecular formula is C18H25N3O3S. The van der Waals surface area contributed by atoms with Gasteiger partial charge in [0.15, 0.2) is 0 Å². The average molecular weight is 363 g/mol. The van der Waals surface area contributed by atoms with E-state index in [4.69, 9.17) is 5.26 Å². The van der Waals surface area contributed by atoms with Gasteiger partial charge in [-0.25, -0.2) is 12.7 Å². The number of nitrogens with one attached hydrogen (secondary N) is 1. The number of amides is 1. The summed E-state index contributed by atoms with van der Waals surface area (Å²) in [5, 5.41) is 11.8. The zero-order valence-corrected chi connectivity index (χ0v) is 15.6. The maximum atomic E-state index is 12.6. The zero-order chi connectivity index (χ0) is 18.4. The molecule has 2 atom stereocenters. The van der Waals surface area contributed by atoms with Crippen molar-refractivity contribution < 1.29 is 13.2 Å². The number of rotatable bonds is 6. The van der Waals surface area contributed by atoms with Crippen LogP contribution in [0.25, 0.3) is 0 Å². The zero-order valence-electron chi connectivity index (χ0n) is 14.7. The minimum Gasteiger partial charge on any atom is -0.349 e. The minimum atomic E-state index is -3.27. The quantitative estimate of drug-likeness (QED) is 0.839. The molecule has 25 heavy (non-hydrogen) atoms. The van der Waals surface area contributed by atoms with Gasteiger partial charge in [-0.15, -0.1) is 0 Å². The van der Waals surface area contributed by atoms with Crippen LogP contribution in [-0.4, -0.2) is 37.5 Å². The largest absolute Gasteiger partial charge is 0.349 e. The second kappa shape index (κ2) is 8.45. The molecule has 0 aliphatic carbocycles. The molecule has 7 heteroatoms. The van der Waals surface area contributed by atoms with Gasteiger partial charge in [0.1, 0.15) is 0 Å². The Labute approximate surface area is 149 Å². The summed E-state index contributed by atoms with van der Waals surface area (Å²) in [6.07, 6.45) is 1.97. The van der Waals surface area contributed by atoms with Crippen molar-refractivity contribution in [1.82, 2.24) is 9.62 Å². The lowest BCUT2D eigenvalue weighted by molar-refractivity contribution is -0.126. The van der Waals surface area contributed by atoms with E-state index in [2.05, 4.69) is 11.4 Å². The monoisotopic (exact) mass is 363 g/mol. The second-order valence-electron chi connectivity index (χ2n) is 6.48. The number of benzene rings is 1. The van der Waals surface area contributed by atoms with Gasteiger partial charge in [0.2, 0.25) is 15.9 Å². The highest BCUT2D eigenvalue weighted by atomic mass is 32.2. The van der Waals surface area contributed by atoms with Gasteiger partial charge in [-0.1, -0.05) is 19.1 Å². The van der Waals surface area contributed by atoms with Gasteiger partial charge < -0.3 is 5.32 Å². The van der Waals surface area contributed by atoms with Gasteiger partial charge in [0, 0.05) is 13.1 Å². The van der Waals surface area contributed by atoms with E-state index in [1.54, 1.807) is 12.1 Å². The smallest absolute Gasteiger partial charge is 0.224 e. The van der Waals surface area contributed by atoms with E-state index in [9.17, 15) is 13.2 Å². The summed E-state index contributed by atoms with van der Waals surface area (Å²) < 4.78 is 25.9. The summed E-state index contributed by atoms with van der Waals surface area (Å²) in [5.74, 6) is -0.308. The van der Waals surface area contributed by atoms with Crippen LogP contribution in [0.1, 0.15) is 50.3 Å². The fourth-order valence-electron chi connectivity index (χ4n) is 3.06. The molecule has 1 aromatic carbocycles. The summed E-state index contributed by atoms with van der Waals surface area (Å²) >= 11 is 0. The molecule has 2 rings (SSSR count). The van der Waals surface area contributed by atoms with Crippen LogP contribution >= 0.6 is 0 Å². The lowest BCUT2D eigenvalue weighted by Gasteiger charge is -2.31. The highest BCUT2D eigenvalue weighted by molar-refractivity contribution is 7.89. The first kappa shape index (κ1) is 19.4. The Morgan fingerprint density at radius 1 is 1.40 bits per heavy atom. The Morgan fingerprint density at radius 2 is 2.08 bits per heavy atom. The molecule has 0 radical (unpaired) electrons. The molecule has 1 saturated heterocycles. The predicted molar refractivity (Wildman–Crippen MR) is 96.1 cm³/mol. The number of hydrogen-bond acceptors (Lipinski definition) is 4. The Bertz CT molecular complexity index is 738. The van der Waals surface area contributed by atoms with Crippen molar-refractivity contribution in [3.63, 3.8) is 0 Å². The maximum Gasteiger partial charge on any atom is 0.224 e. The first-order chi connectivity index (χ1) is 11.9. The molecule has 1 heterocycles. The van der Waals surface area contributed by atoms with E-state index in [0.717, 1.165) is 5.56 Å². The van der Waals surface area contributed by atoms with Crippen LogP contribution in [0.4, 0.5) is 0 Å². The summed E-state index contributed by atoms with van der Waals surface area (Å²) in [5.41, 5.74) is 1.49. The SMILES string of the molecule is CCCS(=O)(=O)N1CCC[C@H](C(=O)N[C@H](C)c2ccc(C#N)cc2)C1. The van der Waals surface area contributed by atoms with E-state index >= 15 is 0 Å². The van der Waals surface area contributed by atoms with Crippen molar-refractivity contribution in [1.29, 1.82) is 5.26 Å². The van der Waals surface area contributed by atoms with Crippen LogP contribution in [0.5, 0.6) is 0 Å². The molecule has 0 bridgehead atoms. The topological polar surface area (TPSA) is 90.3 Å². The van der Waals surface area contributed by atoms with E-state index in [-0.39, 0.29) is 30.2 Å². The van der Waals surface area contributed by atoms with Crippen LogP contribution in [0.2, 0.25) is 0 Å². The number of sulfonamides is 1. The molecule has 6 nitrogen and oxygen atoms in total. The van der Waals surface area contributed by atoms with Gasteiger partial charge in [0.25, 0.3) is 0 Å². The van der Waals surface area contributed by atoms with Gasteiger partial charge in [-0.05, 0) is 43.9 Å². The number of carbonyl (C=O) groups is 1. The van der Waals surface area contributed by atoms with Crippen LogP contribution in [0, 0.1) is 17.2 Å². The summed E-state index contributed by atoms with van der Waals surface area (Å²) in [6.45, 7) is 4.48. The minimum absolute atomic E-state index is 0.117. The third-order valence-corrected chi connectivity index (χ3v) is 6.55. The molecular weight excluding hydrogens is 338 g/mol. The molecule has 0 unspecified atom stereocenters. The molecule has 1 amide bonds. The summed E-state index contributed by atoms with van der Waals surface area (Å²) in [4.78, 5) is 12.6. The van der Waals surface area contributed by atoms with Crippen molar-refractivity contribution in [2.75, 3.05) is 18.8 Å². The number of hydrogen-bond donors (Lipinski definition) is 1. The maximum absolute atomic E-state index is 12.6. The predicted octanol–water partition coefficient (Wildman–Crippen LogP) is 2.19. The molecule has 1 N–H and O–H groups in total. The molecule has 0 aromatic heterocycles. The standard InChI is InChI=1S/C18H25N3O3S/c1-3-11-25(23,24)21-10-4-5-17(13-21)18(22)20-14(2)16-8-6-15(12-19)7-9-16/h6-9,14,17H,3-5,10-11,13H2,1-2H3,(H,20,22)/t14-,17+/m1/s1. The Kier molecular flexibility index (Phi) is 6.57. The van der Waals surface area contributed by atoms with Gasteiger partial charge in [-0.3, -0.25) is 4.79 Å². The van der Waals surface area contributed by atoms with Gasteiger partial charge in [0.05, 0.1) is 29.3 Å². The van der Waals surface area contributed by atoms with Crippen molar-refractivity contribution >= 4 is 15.9 Å². The van der Waals surface area contributed by atoms with Crippen molar-refractivity contribution in [2.24, 2.45) is 5.92 Å². The first-order valence-corrected chi connectivity index (χ1v) is 10.3. The molecule has 0 saturated carbocycles. The molecule has 1 fully saturated rings. The van der Waals surface area contributed by atoms with E-state index < -0.39 is 10.0 Å². The van der Waals surface area contributed by atoms with E-state index in [1.165, 1.54) is 4.31 Å². The molecule has 136 valence electrons. The van der Waals surface area contributed by atoms with E-state index in [0.29, 0.717) is 31.4 Å². The number of nitrogens with zero attached hydrogens (tertiary/aromatic N) is 2. The molecule has 0 spiro atoms. The number of piperidine rings is 1. The average Bonchev–Trinajstić information content (AvgIpc) is 2.61. The van der Waals surface area contributed by atoms with Crippen LogP contribution in [-0.2, 0) is 14.8 Å². The third kappa shape index (κ3) is 5.03.